The molecule has 0 atom stereocenters. The first-order chi connectivity index (χ1) is 15.4. The number of nitrogens with one attached hydrogen (secondary N) is 1. The summed E-state index contributed by atoms with van der Waals surface area (Å²) in [6.45, 7) is 2.39. The summed E-state index contributed by atoms with van der Waals surface area (Å²) < 4.78 is 12.2. The average Bonchev–Trinajstić information content (AvgIpc) is 2.78. The van der Waals surface area contributed by atoms with Gasteiger partial charge in [0.1, 0.15) is 12.3 Å². The van der Waals surface area contributed by atoms with Crippen LogP contribution in [0.2, 0.25) is 0 Å². The summed E-state index contributed by atoms with van der Waals surface area (Å²) in [4.78, 5) is 24.1. The molecule has 3 rings (SSSR count). The maximum absolute atomic E-state index is 12.4. The summed E-state index contributed by atoms with van der Waals surface area (Å²) in [5, 5.41) is 12.0. The van der Waals surface area contributed by atoms with Gasteiger partial charge in [-0.25, -0.2) is 4.79 Å². The fraction of sp³-hybridized carbons (Fsp3) is 0.120. The van der Waals surface area contributed by atoms with E-state index in [0.717, 1.165) is 14.7 Å². The number of aryl methyl sites for hydroxylation is 1. The van der Waals surface area contributed by atoms with Gasteiger partial charge >= 0.3 is 5.97 Å². The van der Waals surface area contributed by atoms with Crippen molar-refractivity contribution in [2.45, 2.75) is 13.5 Å². The van der Waals surface area contributed by atoms with Gasteiger partial charge < -0.3 is 19.9 Å². The van der Waals surface area contributed by atoms with Crippen LogP contribution < -0.4 is 14.8 Å². The molecule has 0 saturated heterocycles. The lowest BCUT2D eigenvalue weighted by Crippen LogP contribution is -2.27. The monoisotopic (exact) mass is 543 g/mol. The summed E-state index contributed by atoms with van der Waals surface area (Å²) in [6.07, 6.45) is 1.39. The predicted molar refractivity (Wildman–Crippen MR) is 131 cm³/mol. The van der Waals surface area contributed by atoms with E-state index >= 15 is 0 Å². The van der Waals surface area contributed by atoms with Crippen LogP contribution in [0.15, 0.2) is 72.4 Å². The second-order valence-corrected chi connectivity index (χ2v) is 8.16. The van der Waals surface area contributed by atoms with Crippen molar-refractivity contribution < 1.29 is 24.2 Å². The molecule has 2 N–H and O–H groups in total. The Kier molecular flexibility index (Phi) is 7.88. The minimum Gasteiger partial charge on any atom is -0.493 e. The van der Waals surface area contributed by atoms with E-state index in [1.807, 2.05) is 31.2 Å². The molecular formula is C25H22INO5. The SMILES string of the molecule is COc1cc(C=C(NC(=O)c2ccccc2)C(=O)O)cc(I)c1OCc1cccc(C)c1. The van der Waals surface area contributed by atoms with Crippen LogP contribution in [0.1, 0.15) is 27.0 Å². The van der Waals surface area contributed by atoms with Crippen LogP contribution in [0.4, 0.5) is 0 Å². The van der Waals surface area contributed by atoms with Crippen molar-refractivity contribution in [1.29, 1.82) is 0 Å². The first-order valence-corrected chi connectivity index (χ1v) is 10.8. The number of methoxy groups -OCH3 is 1. The predicted octanol–water partition coefficient (Wildman–Crippen LogP) is 5.04. The van der Waals surface area contributed by atoms with Crippen molar-refractivity contribution in [3.8, 4) is 11.5 Å². The highest BCUT2D eigenvalue weighted by molar-refractivity contribution is 14.1. The second kappa shape index (κ2) is 10.8. The molecule has 0 aliphatic rings. The zero-order valence-electron chi connectivity index (χ0n) is 17.6. The molecule has 0 aliphatic heterocycles. The number of carboxylic acids is 1. The Morgan fingerprint density at radius 2 is 1.81 bits per heavy atom. The number of amides is 1. The molecule has 32 heavy (non-hydrogen) atoms. The van der Waals surface area contributed by atoms with Gasteiger partial charge in [0.05, 0.1) is 10.7 Å². The van der Waals surface area contributed by atoms with Crippen LogP contribution in [0.3, 0.4) is 0 Å². The van der Waals surface area contributed by atoms with E-state index in [0.29, 0.717) is 29.2 Å². The fourth-order valence-electron chi connectivity index (χ4n) is 3.02. The molecule has 0 heterocycles. The molecular weight excluding hydrogens is 521 g/mol. The molecule has 0 unspecified atom stereocenters. The number of carbonyl (C=O) groups is 2. The summed E-state index contributed by atoms with van der Waals surface area (Å²) in [5.41, 5.74) is 2.85. The number of carbonyl (C=O) groups excluding carboxylic acids is 1. The van der Waals surface area contributed by atoms with Gasteiger partial charge in [0, 0.05) is 5.56 Å². The maximum Gasteiger partial charge on any atom is 0.352 e. The zero-order valence-corrected chi connectivity index (χ0v) is 19.8. The number of halogens is 1. The minimum absolute atomic E-state index is 0.245. The van der Waals surface area contributed by atoms with E-state index < -0.39 is 11.9 Å². The largest absolute Gasteiger partial charge is 0.493 e. The van der Waals surface area contributed by atoms with Crippen molar-refractivity contribution in [2.75, 3.05) is 7.11 Å². The van der Waals surface area contributed by atoms with Gasteiger partial charge in [0.15, 0.2) is 11.5 Å². The number of ether oxygens (including phenoxy) is 2. The molecule has 3 aromatic rings. The molecule has 0 aliphatic carbocycles. The number of aliphatic carboxylic acids is 1. The lowest BCUT2D eigenvalue weighted by molar-refractivity contribution is -0.132. The van der Waals surface area contributed by atoms with Gasteiger partial charge in [-0.3, -0.25) is 4.79 Å². The van der Waals surface area contributed by atoms with Gasteiger partial charge in [-0.05, 0) is 71.0 Å². The maximum atomic E-state index is 12.4. The third-order valence-electron chi connectivity index (χ3n) is 4.54. The number of hydrogen-bond donors (Lipinski definition) is 2. The summed E-state index contributed by atoms with van der Waals surface area (Å²) in [6, 6.07) is 19.9. The van der Waals surface area contributed by atoms with Crippen molar-refractivity contribution in [3.63, 3.8) is 0 Å². The molecule has 0 saturated carbocycles. The lowest BCUT2D eigenvalue weighted by Gasteiger charge is -2.14. The van der Waals surface area contributed by atoms with E-state index in [1.165, 1.54) is 13.2 Å². The molecule has 164 valence electrons. The number of hydrogen-bond acceptors (Lipinski definition) is 4. The van der Waals surface area contributed by atoms with E-state index in [2.05, 4.69) is 27.9 Å². The quantitative estimate of drug-likeness (QED) is 0.307. The van der Waals surface area contributed by atoms with Crippen LogP contribution >= 0.6 is 22.6 Å². The highest BCUT2D eigenvalue weighted by Gasteiger charge is 2.16. The number of rotatable bonds is 8. The van der Waals surface area contributed by atoms with Crippen molar-refractivity contribution in [3.05, 3.63) is 98.3 Å². The molecule has 0 radical (unpaired) electrons. The topological polar surface area (TPSA) is 84.9 Å². The molecule has 0 aromatic heterocycles. The van der Waals surface area contributed by atoms with Crippen LogP contribution in [-0.4, -0.2) is 24.1 Å². The smallest absolute Gasteiger partial charge is 0.352 e. The first-order valence-electron chi connectivity index (χ1n) is 9.74. The minimum atomic E-state index is -1.25. The Morgan fingerprint density at radius 1 is 1.06 bits per heavy atom. The van der Waals surface area contributed by atoms with Crippen molar-refractivity contribution in [2.24, 2.45) is 0 Å². The van der Waals surface area contributed by atoms with Crippen LogP contribution in [0.25, 0.3) is 6.08 Å². The zero-order chi connectivity index (χ0) is 23.1. The first kappa shape index (κ1) is 23.3. The van der Waals surface area contributed by atoms with Crippen molar-refractivity contribution >= 4 is 40.5 Å². The highest BCUT2D eigenvalue weighted by atomic mass is 127. The third-order valence-corrected chi connectivity index (χ3v) is 5.34. The Balaban J connectivity index is 1.84. The lowest BCUT2D eigenvalue weighted by atomic mass is 10.1. The summed E-state index contributed by atoms with van der Waals surface area (Å²) in [5.74, 6) is -0.714. The summed E-state index contributed by atoms with van der Waals surface area (Å²) in [7, 11) is 1.52. The highest BCUT2D eigenvalue weighted by Crippen LogP contribution is 2.35. The second-order valence-electron chi connectivity index (χ2n) is 7.00. The number of carboxylic acid groups (broad SMARTS) is 1. The Labute approximate surface area is 200 Å². The van der Waals surface area contributed by atoms with E-state index in [1.54, 1.807) is 42.5 Å². The van der Waals surface area contributed by atoms with Gasteiger partial charge in [-0.2, -0.15) is 0 Å². The molecule has 0 bridgehead atoms. The molecule has 1 amide bonds. The van der Waals surface area contributed by atoms with Gasteiger partial charge in [-0.1, -0.05) is 48.0 Å². The molecule has 7 heteroatoms. The van der Waals surface area contributed by atoms with Crippen molar-refractivity contribution in [1.82, 2.24) is 5.32 Å². The molecule has 0 fully saturated rings. The van der Waals surface area contributed by atoms with E-state index in [4.69, 9.17) is 9.47 Å². The fourth-order valence-corrected chi connectivity index (χ4v) is 3.80. The van der Waals surface area contributed by atoms with E-state index in [9.17, 15) is 14.7 Å². The molecule has 3 aromatic carbocycles. The Bertz CT molecular complexity index is 1160. The Morgan fingerprint density at radius 3 is 2.47 bits per heavy atom. The van der Waals surface area contributed by atoms with Crippen LogP contribution in [0, 0.1) is 10.5 Å². The van der Waals surface area contributed by atoms with Crippen LogP contribution in [0.5, 0.6) is 11.5 Å². The van der Waals surface area contributed by atoms with Gasteiger partial charge in [0.2, 0.25) is 0 Å². The standard InChI is InChI=1S/C25H22INO5/c1-16-7-6-8-17(11-16)15-32-23-20(26)12-18(14-22(23)31-2)13-21(25(29)30)27-24(28)19-9-4-3-5-10-19/h3-14H,15H2,1-2H3,(H,27,28)(H,29,30). The van der Waals surface area contributed by atoms with Gasteiger partial charge in [-0.15, -0.1) is 0 Å². The third kappa shape index (κ3) is 6.10. The van der Waals surface area contributed by atoms with Crippen LogP contribution in [-0.2, 0) is 11.4 Å². The normalized spacial score (nSPS) is 11.0. The number of benzene rings is 3. The Hall–Kier alpha value is -3.33. The summed E-state index contributed by atoms with van der Waals surface area (Å²) >= 11 is 2.11. The molecule has 6 nitrogen and oxygen atoms in total. The van der Waals surface area contributed by atoms with Gasteiger partial charge in [0.25, 0.3) is 5.91 Å². The average molecular weight is 543 g/mol. The molecule has 0 spiro atoms. The van der Waals surface area contributed by atoms with E-state index in [-0.39, 0.29) is 5.70 Å².